The lowest BCUT2D eigenvalue weighted by atomic mass is 10.1. The highest BCUT2D eigenvalue weighted by atomic mass is 32.1. The van der Waals surface area contributed by atoms with Crippen molar-refractivity contribution in [2.45, 2.75) is 19.4 Å². The zero-order valence-electron chi connectivity index (χ0n) is 11.5. The molecular weight excluding hydrogens is 270 g/mol. The van der Waals surface area contributed by atoms with Gasteiger partial charge in [-0.15, -0.1) is 11.3 Å². The fourth-order valence-corrected chi connectivity index (χ4v) is 2.43. The van der Waals surface area contributed by atoms with Gasteiger partial charge in [-0.2, -0.15) is 0 Å². The van der Waals surface area contributed by atoms with Gasteiger partial charge in [0, 0.05) is 23.3 Å². The lowest BCUT2D eigenvalue weighted by molar-refractivity contribution is -0.118. The topological polar surface area (TPSA) is 68.0 Å². The molecule has 0 radical (unpaired) electrons. The van der Waals surface area contributed by atoms with Crippen LogP contribution in [0.1, 0.15) is 24.4 Å². The maximum atomic E-state index is 11.9. The molecular formula is C15H17N3OS. The van der Waals surface area contributed by atoms with Crippen LogP contribution in [0.4, 0.5) is 5.69 Å². The molecule has 1 aromatic heterocycles. The summed E-state index contributed by atoms with van der Waals surface area (Å²) in [6.07, 6.45) is 5.01. The molecule has 0 aliphatic rings. The number of rotatable bonds is 4. The van der Waals surface area contributed by atoms with Crippen molar-refractivity contribution in [3.8, 4) is 0 Å². The van der Waals surface area contributed by atoms with Crippen LogP contribution in [0.2, 0.25) is 0 Å². The third kappa shape index (κ3) is 3.68. The molecule has 0 fully saturated rings. The number of benzene rings is 1. The molecule has 5 heteroatoms. The quantitative estimate of drug-likeness (QED) is 0.671. The van der Waals surface area contributed by atoms with E-state index in [2.05, 4.69) is 10.3 Å². The zero-order valence-corrected chi connectivity index (χ0v) is 12.3. The Balaban J connectivity index is 2.00. The van der Waals surface area contributed by atoms with Gasteiger partial charge in [0.25, 0.3) is 0 Å². The summed E-state index contributed by atoms with van der Waals surface area (Å²) >= 11 is 1.52. The lowest BCUT2D eigenvalue weighted by Gasteiger charge is -2.22. The van der Waals surface area contributed by atoms with Crippen molar-refractivity contribution < 1.29 is 4.79 Å². The van der Waals surface area contributed by atoms with E-state index >= 15 is 0 Å². The summed E-state index contributed by atoms with van der Waals surface area (Å²) in [7, 11) is 0. The summed E-state index contributed by atoms with van der Waals surface area (Å²) < 4.78 is 0. The predicted molar refractivity (Wildman–Crippen MR) is 83.2 cm³/mol. The van der Waals surface area contributed by atoms with Crippen molar-refractivity contribution in [2.24, 2.45) is 0 Å². The highest BCUT2D eigenvalue weighted by Gasteiger charge is 2.24. The van der Waals surface area contributed by atoms with Crippen molar-refractivity contribution >= 4 is 29.0 Å². The number of amides is 1. The maximum absolute atomic E-state index is 11.9. The molecule has 0 unspecified atom stereocenters. The minimum atomic E-state index is -0.475. The van der Waals surface area contributed by atoms with Crippen molar-refractivity contribution in [3.05, 3.63) is 52.5 Å². The van der Waals surface area contributed by atoms with E-state index in [-0.39, 0.29) is 5.91 Å². The van der Waals surface area contributed by atoms with Crippen molar-refractivity contribution in [1.29, 1.82) is 0 Å². The first kappa shape index (κ1) is 14.3. The van der Waals surface area contributed by atoms with Gasteiger partial charge >= 0.3 is 0 Å². The Labute approximate surface area is 122 Å². The maximum Gasteiger partial charge on any atom is 0.244 e. The summed E-state index contributed by atoms with van der Waals surface area (Å²) in [6.45, 7) is 3.86. The molecule has 0 aliphatic heterocycles. The van der Waals surface area contributed by atoms with Crippen LogP contribution in [0, 0.1) is 0 Å². The van der Waals surface area contributed by atoms with Gasteiger partial charge in [-0.1, -0.05) is 12.1 Å². The number of nitrogens with two attached hydrogens (primary N) is 1. The highest BCUT2D eigenvalue weighted by molar-refractivity contribution is 7.09. The molecule has 0 bridgehead atoms. The number of nitrogens with zero attached hydrogens (tertiary/aromatic N) is 1. The molecule has 20 heavy (non-hydrogen) atoms. The number of thiazole rings is 1. The monoisotopic (exact) mass is 287 g/mol. The Bertz CT molecular complexity index is 601. The number of aromatic nitrogens is 1. The lowest BCUT2D eigenvalue weighted by Crippen LogP contribution is -2.39. The highest BCUT2D eigenvalue weighted by Crippen LogP contribution is 2.21. The average Bonchev–Trinajstić information content (AvgIpc) is 2.92. The number of carbonyl (C=O) groups excluding carboxylic acids is 1. The first-order valence-electron chi connectivity index (χ1n) is 6.23. The molecule has 3 N–H and O–H groups in total. The molecule has 2 rings (SSSR count). The molecule has 0 aliphatic carbocycles. The summed E-state index contributed by atoms with van der Waals surface area (Å²) in [5.74, 6) is -0.151. The average molecular weight is 287 g/mol. The fraction of sp³-hybridized carbons (Fsp3) is 0.200. The molecule has 1 amide bonds. The summed E-state index contributed by atoms with van der Waals surface area (Å²) in [5, 5.41) is 5.72. The van der Waals surface area contributed by atoms with Gasteiger partial charge in [-0.3, -0.25) is 4.79 Å². The van der Waals surface area contributed by atoms with Gasteiger partial charge in [0.15, 0.2) is 0 Å². The number of nitrogen functional groups attached to an aromatic ring is 1. The summed E-state index contributed by atoms with van der Waals surface area (Å²) in [4.78, 5) is 16.2. The molecule has 0 saturated carbocycles. The molecule has 4 nitrogen and oxygen atoms in total. The Hall–Kier alpha value is -2.14. The van der Waals surface area contributed by atoms with Gasteiger partial charge in [-0.05, 0) is 37.6 Å². The minimum Gasteiger partial charge on any atom is -0.399 e. The normalized spacial score (nSPS) is 11.7. The van der Waals surface area contributed by atoms with Crippen molar-refractivity contribution in [3.63, 3.8) is 0 Å². The second-order valence-corrected chi connectivity index (χ2v) is 5.85. The molecule has 0 atom stereocenters. The van der Waals surface area contributed by atoms with Crippen molar-refractivity contribution in [2.75, 3.05) is 5.73 Å². The third-order valence-corrected chi connectivity index (χ3v) is 3.86. The van der Waals surface area contributed by atoms with E-state index in [1.165, 1.54) is 17.4 Å². The van der Waals surface area contributed by atoms with E-state index in [1.807, 2.05) is 31.4 Å². The van der Waals surface area contributed by atoms with Crippen molar-refractivity contribution in [1.82, 2.24) is 10.3 Å². The first-order valence-corrected chi connectivity index (χ1v) is 7.11. The van der Waals surface area contributed by atoms with Crippen LogP contribution in [0.15, 0.2) is 41.9 Å². The molecule has 2 aromatic rings. The van der Waals surface area contributed by atoms with E-state index in [4.69, 9.17) is 5.73 Å². The van der Waals surface area contributed by atoms with Crippen LogP contribution in [0.25, 0.3) is 6.08 Å². The van der Waals surface area contributed by atoms with E-state index in [0.29, 0.717) is 5.69 Å². The first-order chi connectivity index (χ1) is 9.47. The standard InChI is InChI=1S/C15H17N3OS/c1-15(2,14-17-9-10-20-14)18-13(19)8-5-11-3-6-12(16)7-4-11/h3-10H,16H2,1-2H3,(H,18,19)/b8-5+. The number of nitrogens with one attached hydrogen (secondary N) is 1. The summed E-state index contributed by atoms with van der Waals surface area (Å²) in [6, 6.07) is 7.34. The van der Waals surface area contributed by atoms with Crippen LogP contribution in [-0.4, -0.2) is 10.9 Å². The van der Waals surface area contributed by atoms with E-state index in [1.54, 1.807) is 24.4 Å². The Morgan fingerprint density at radius 2 is 2.05 bits per heavy atom. The molecule has 0 spiro atoms. The van der Waals surface area contributed by atoms with Gasteiger partial charge in [0.1, 0.15) is 5.01 Å². The molecule has 104 valence electrons. The molecule has 1 heterocycles. The number of hydrogen-bond donors (Lipinski definition) is 2. The zero-order chi connectivity index (χ0) is 14.6. The smallest absolute Gasteiger partial charge is 0.244 e. The van der Waals surface area contributed by atoms with Crippen LogP contribution in [0.3, 0.4) is 0 Å². The number of anilines is 1. The van der Waals surface area contributed by atoms with Gasteiger partial charge < -0.3 is 11.1 Å². The molecule has 1 aromatic carbocycles. The number of hydrogen-bond acceptors (Lipinski definition) is 4. The Morgan fingerprint density at radius 1 is 1.35 bits per heavy atom. The van der Waals surface area contributed by atoms with Crippen LogP contribution in [0.5, 0.6) is 0 Å². The van der Waals surface area contributed by atoms with Crippen LogP contribution < -0.4 is 11.1 Å². The Kier molecular flexibility index (Phi) is 4.20. The second-order valence-electron chi connectivity index (χ2n) is 4.95. The van der Waals surface area contributed by atoms with Crippen LogP contribution in [-0.2, 0) is 10.3 Å². The fourth-order valence-electron chi connectivity index (χ4n) is 1.71. The van der Waals surface area contributed by atoms with E-state index < -0.39 is 5.54 Å². The summed E-state index contributed by atoms with van der Waals surface area (Å²) in [5.41, 5.74) is 6.77. The van der Waals surface area contributed by atoms with Gasteiger partial charge in [-0.25, -0.2) is 4.98 Å². The van der Waals surface area contributed by atoms with E-state index in [9.17, 15) is 4.79 Å². The van der Waals surface area contributed by atoms with Gasteiger partial charge in [0.2, 0.25) is 5.91 Å². The largest absolute Gasteiger partial charge is 0.399 e. The van der Waals surface area contributed by atoms with Gasteiger partial charge in [0.05, 0.1) is 5.54 Å². The third-order valence-electron chi connectivity index (χ3n) is 2.77. The SMILES string of the molecule is CC(C)(NC(=O)/C=C/c1ccc(N)cc1)c1nccs1. The predicted octanol–water partition coefficient (Wildman–Crippen LogP) is 2.79. The van der Waals surface area contributed by atoms with E-state index in [0.717, 1.165) is 10.6 Å². The molecule has 0 saturated heterocycles. The Morgan fingerprint density at radius 3 is 2.65 bits per heavy atom. The van der Waals surface area contributed by atoms with Crippen LogP contribution >= 0.6 is 11.3 Å². The second kappa shape index (κ2) is 5.88. The minimum absolute atomic E-state index is 0.151. The number of carbonyl (C=O) groups is 1.